The van der Waals surface area contributed by atoms with E-state index in [9.17, 15) is 14.0 Å². The van der Waals surface area contributed by atoms with Gasteiger partial charge in [-0.2, -0.15) is 5.10 Å². The maximum absolute atomic E-state index is 13.3. The summed E-state index contributed by atoms with van der Waals surface area (Å²) in [6.45, 7) is 3.17. The number of anilines is 1. The lowest BCUT2D eigenvalue weighted by Gasteiger charge is -2.13. The van der Waals surface area contributed by atoms with Crippen LogP contribution in [-0.2, 0) is 11.3 Å². The molecular weight excluding hydrogens is 359 g/mol. The van der Waals surface area contributed by atoms with Crippen LogP contribution in [0.5, 0.6) is 0 Å². The third kappa shape index (κ3) is 3.47. The van der Waals surface area contributed by atoms with E-state index in [1.807, 2.05) is 24.3 Å². The molecule has 2 aromatic carbocycles. The third-order valence-electron chi connectivity index (χ3n) is 5.01. The van der Waals surface area contributed by atoms with Crippen molar-refractivity contribution in [2.75, 3.05) is 18.4 Å². The maximum Gasteiger partial charge on any atom is 0.275 e. The zero-order valence-corrected chi connectivity index (χ0v) is 15.6. The lowest BCUT2D eigenvalue weighted by molar-refractivity contribution is -0.116. The summed E-state index contributed by atoms with van der Waals surface area (Å²) in [7, 11) is 0. The summed E-state index contributed by atoms with van der Waals surface area (Å²) in [5, 5.41) is 7.98. The van der Waals surface area contributed by atoms with Gasteiger partial charge in [0.25, 0.3) is 5.91 Å². The van der Waals surface area contributed by atoms with Gasteiger partial charge in [-0.1, -0.05) is 18.2 Å². The first-order valence-corrected chi connectivity index (χ1v) is 9.34. The minimum atomic E-state index is -0.348. The largest absolute Gasteiger partial charge is 0.337 e. The van der Waals surface area contributed by atoms with Crippen molar-refractivity contribution in [2.45, 2.75) is 26.3 Å². The smallest absolute Gasteiger partial charge is 0.275 e. The Hall–Kier alpha value is -3.22. The van der Waals surface area contributed by atoms with Gasteiger partial charge in [-0.05, 0) is 49.6 Å². The molecule has 4 rings (SSSR count). The number of nitrogens with zero attached hydrogens (tertiary/aromatic N) is 3. The van der Waals surface area contributed by atoms with Gasteiger partial charge < -0.3 is 10.2 Å². The number of para-hydroxylation sites is 1. The molecule has 144 valence electrons. The van der Waals surface area contributed by atoms with Crippen molar-refractivity contribution in [3.8, 4) is 0 Å². The first-order chi connectivity index (χ1) is 13.5. The summed E-state index contributed by atoms with van der Waals surface area (Å²) >= 11 is 0. The molecular formula is C21H21FN4O2. The van der Waals surface area contributed by atoms with Gasteiger partial charge in [-0.15, -0.1) is 0 Å². The van der Waals surface area contributed by atoms with E-state index in [-0.39, 0.29) is 24.2 Å². The van der Waals surface area contributed by atoms with E-state index in [2.05, 4.69) is 10.4 Å². The van der Waals surface area contributed by atoms with Crippen LogP contribution in [0.4, 0.5) is 10.1 Å². The highest BCUT2D eigenvalue weighted by Gasteiger charge is 2.25. The number of rotatable bonds is 4. The van der Waals surface area contributed by atoms with Gasteiger partial charge in [0.15, 0.2) is 5.69 Å². The molecule has 0 spiro atoms. The predicted octanol–water partition coefficient (Wildman–Crippen LogP) is 3.36. The van der Waals surface area contributed by atoms with Crippen molar-refractivity contribution in [2.24, 2.45) is 0 Å². The number of hydrogen-bond donors (Lipinski definition) is 1. The number of hydrogen-bond acceptors (Lipinski definition) is 3. The normalized spacial score (nSPS) is 13.9. The fraction of sp³-hybridized carbons (Fsp3) is 0.286. The molecule has 0 saturated carbocycles. The van der Waals surface area contributed by atoms with Crippen molar-refractivity contribution >= 4 is 28.4 Å². The van der Waals surface area contributed by atoms with E-state index >= 15 is 0 Å². The number of carbonyl (C=O) groups is 2. The highest BCUT2D eigenvalue weighted by atomic mass is 19.1. The van der Waals surface area contributed by atoms with Crippen LogP contribution < -0.4 is 5.32 Å². The van der Waals surface area contributed by atoms with Crippen molar-refractivity contribution < 1.29 is 14.0 Å². The van der Waals surface area contributed by atoms with Gasteiger partial charge in [0, 0.05) is 24.2 Å². The van der Waals surface area contributed by atoms with E-state index < -0.39 is 0 Å². The van der Waals surface area contributed by atoms with Crippen LogP contribution >= 0.6 is 0 Å². The van der Waals surface area contributed by atoms with Gasteiger partial charge in [0.2, 0.25) is 5.91 Å². The minimum absolute atomic E-state index is 0.0371. The third-order valence-corrected chi connectivity index (χ3v) is 5.01. The summed E-state index contributed by atoms with van der Waals surface area (Å²) in [4.78, 5) is 27.2. The van der Waals surface area contributed by atoms with Crippen LogP contribution in [0, 0.1) is 12.7 Å². The van der Waals surface area contributed by atoms with Crippen LogP contribution in [0.1, 0.15) is 28.9 Å². The lowest BCUT2D eigenvalue weighted by atomic mass is 10.2. The fourth-order valence-corrected chi connectivity index (χ4v) is 3.57. The quantitative estimate of drug-likeness (QED) is 0.755. The van der Waals surface area contributed by atoms with Crippen LogP contribution in [0.2, 0.25) is 0 Å². The predicted molar refractivity (Wildman–Crippen MR) is 105 cm³/mol. The Morgan fingerprint density at radius 3 is 2.64 bits per heavy atom. The first kappa shape index (κ1) is 18.2. The summed E-state index contributed by atoms with van der Waals surface area (Å²) in [6, 6.07) is 11.6. The number of fused-ring (bicyclic) bond motifs is 1. The summed E-state index contributed by atoms with van der Waals surface area (Å²) < 4.78 is 14.8. The number of likely N-dealkylation sites (tertiary alicyclic amines) is 1. The molecule has 0 aliphatic carbocycles. The highest BCUT2D eigenvalue weighted by Crippen LogP contribution is 2.22. The van der Waals surface area contributed by atoms with Gasteiger partial charge in [-0.25, -0.2) is 4.39 Å². The number of aromatic nitrogens is 2. The van der Waals surface area contributed by atoms with Crippen LogP contribution in [0.25, 0.3) is 10.9 Å². The molecule has 1 fully saturated rings. The Balaban J connectivity index is 1.60. The number of benzene rings is 2. The SMILES string of the molecule is Cc1cc(F)ccc1NC(=O)Cn1nc(C(=O)N2CCCC2)c2ccccc21. The molecule has 0 radical (unpaired) electrons. The molecule has 3 aromatic rings. The Kier molecular flexibility index (Phi) is 4.81. The topological polar surface area (TPSA) is 67.2 Å². The number of aryl methyl sites for hydroxylation is 1. The monoisotopic (exact) mass is 380 g/mol. The molecule has 1 saturated heterocycles. The lowest BCUT2D eigenvalue weighted by Crippen LogP contribution is -2.28. The number of amides is 2. The number of halogens is 1. The molecule has 7 heteroatoms. The number of carbonyl (C=O) groups excluding carboxylic acids is 2. The van der Waals surface area contributed by atoms with E-state index in [1.54, 1.807) is 16.5 Å². The van der Waals surface area contributed by atoms with Crippen LogP contribution in [-0.4, -0.2) is 39.6 Å². The standard InChI is InChI=1S/C21H21FN4O2/c1-14-12-15(22)8-9-17(14)23-19(27)13-26-18-7-3-2-6-16(18)20(24-26)21(28)25-10-4-5-11-25/h2-3,6-9,12H,4-5,10-11,13H2,1H3,(H,23,27). The second-order valence-electron chi connectivity index (χ2n) is 7.03. The summed E-state index contributed by atoms with van der Waals surface area (Å²) in [6.07, 6.45) is 2.01. The maximum atomic E-state index is 13.3. The van der Waals surface area contributed by atoms with Gasteiger partial charge in [0.1, 0.15) is 12.4 Å². The zero-order valence-electron chi connectivity index (χ0n) is 15.6. The highest BCUT2D eigenvalue weighted by molar-refractivity contribution is 6.05. The minimum Gasteiger partial charge on any atom is -0.337 e. The average molecular weight is 380 g/mol. The molecule has 28 heavy (non-hydrogen) atoms. The molecule has 0 bridgehead atoms. The van der Waals surface area contributed by atoms with E-state index in [0.717, 1.165) is 36.8 Å². The molecule has 0 unspecified atom stereocenters. The van der Waals surface area contributed by atoms with E-state index in [1.165, 1.54) is 18.2 Å². The Bertz CT molecular complexity index is 1050. The molecule has 1 aliphatic heterocycles. The molecule has 1 aromatic heterocycles. The van der Waals surface area contributed by atoms with Gasteiger partial charge in [-0.3, -0.25) is 14.3 Å². The van der Waals surface area contributed by atoms with Crippen LogP contribution in [0.15, 0.2) is 42.5 Å². The summed E-state index contributed by atoms with van der Waals surface area (Å²) in [5.41, 5.74) is 2.30. The second-order valence-corrected chi connectivity index (χ2v) is 7.03. The van der Waals surface area contributed by atoms with Gasteiger partial charge >= 0.3 is 0 Å². The Morgan fingerprint density at radius 1 is 1.14 bits per heavy atom. The van der Waals surface area contributed by atoms with Crippen molar-refractivity contribution in [3.05, 3.63) is 59.5 Å². The Labute approximate surface area is 161 Å². The molecule has 1 N–H and O–H groups in total. The van der Waals surface area contributed by atoms with Crippen LogP contribution in [0.3, 0.4) is 0 Å². The van der Waals surface area contributed by atoms with Crippen molar-refractivity contribution in [1.29, 1.82) is 0 Å². The van der Waals surface area contributed by atoms with Gasteiger partial charge in [0.05, 0.1) is 5.52 Å². The molecule has 2 heterocycles. The molecule has 0 atom stereocenters. The zero-order chi connectivity index (χ0) is 19.7. The molecule has 2 amide bonds. The number of nitrogens with one attached hydrogen (secondary N) is 1. The Morgan fingerprint density at radius 2 is 1.89 bits per heavy atom. The summed E-state index contributed by atoms with van der Waals surface area (Å²) in [5.74, 6) is -0.732. The first-order valence-electron chi connectivity index (χ1n) is 9.34. The van der Waals surface area contributed by atoms with Crippen molar-refractivity contribution in [3.63, 3.8) is 0 Å². The second kappa shape index (κ2) is 7.42. The molecule has 1 aliphatic rings. The fourth-order valence-electron chi connectivity index (χ4n) is 3.57. The van der Waals surface area contributed by atoms with E-state index in [4.69, 9.17) is 0 Å². The average Bonchev–Trinajstić information content (AvgIpc) is 3.32. The van der Waals surface area contributed by atoms with E-state index in [0.29, 0.717) is 16.9 Å². The molecule has 6 nitrogen and oxygen atoms in total. The van der Waals surface area contributed by atoms with Crippen molar-refractivity contribution in [1.82, 2.24) is 14.7 Å².